The van der Waals surface area contributed by atoms with Crippen molar-refractivity contribution in [1.29, 1.82) is 0 Å². The van der Waals surface area contributed by atoms with Crippen molar-refractivity contribution in [2.45, 2.75) is 44.3 Å². The van der Waals surface area contributed by atoms with Crippen molar-refractivity contribution >= 4 is 11.9 Å². The van der Waals surface area contributed by atoms with Gasteiger partial charge in [0.05, 0.1) is 0 Å². The average molecular weight is 246 g/mol. The molecule has 1 aliphatic rings. The predicted molar refractivity (Wildman–Crippen MR) is 56.8 cm³/mol. The van der Waals surface area contributed by atoms with E-state index in [0.29, 0.717) is 19.3 Å². The number of hydrogen-bond donors (Lipinski definition) is 2. The van der Waals surface area contributed by atoms with Gasteiger partial charge in [-0.3, -0.25) is 4.79 Å². The second-order valence-corrected chi connectivity index (χ2v) is 4.09. The Bertz CT molecular complexity index is 273. The van der Waals surface area contributed by atoms with Crippen molar-refractivity contribution in [1.82, 2.24) is 0 Å². The lowest BCUT2D eigenvalue weighted by atomic mass is 10.1. The van der Waals surface area contributed by atoms with Gasteiger partial charge in [-0.05, 0) is 12.8 Å². The summed E-state index contributed by atoms with van der Waals surface area (Å²) in [6.45, 7) is -0.214. The van der Waals surface area contributed by atoms with E-state index < -0.39 is 11.8 Å². The summed E-state index contributed by atoms with van der Waals surface area (Å²) < 4.78 is 9.40. The van der Waals surface area contributed by atoms with Gasteiger partial charge >= 0.3 is 11.9 Å². The quantitative estimate of drug-likeness (QED) is 0.465. The summed E-state index contributed by atoms with van der Waals surface area (Å²) in [5, 5.41) is 18.8. The van der Waals surface area contributed by atoms with E-state index in [1.807, 2.05) is 0 Å². The van der Waals surface area contributed by atoms with E-state index in [2.05, 4.69) is 4.74 Å². The van der Waals surface area contributed by atoms with Crippen LogP contribution in [0.4, 0.5) is 0 Å². The Labute approximate surface area is 99.5 Å². The van der Waals surface area contributed by atoms with Gasteiger partial charge in [0, 0.05) is 12.8 Å². The second kappa shape index (κ2) is 6.56. The molecule has 0 saturated carbocycles. The Balaban J connectivity index is 2.49. The fourth-order valence-corrected chi connectivity index (χ4v) is 1.57. The normalized spacial score (nSPS) is 23.6. The topological polar surface area (TPSA) is 93.1 Å². The number of cyclic esters (lactones) is 2. The maximum absolute atomic E-state index is 11.3. The smallest absolute Gasteiger partial charge is 0.366 e. The molecule has 0 spiro atoms. The van der Waals surface area contributed by atoms with Crippen molar-refractivity contribution in [3.63, 3.8) is 0 Å². The van der Waals surface area contributed by atoms with Gasteiger partial charge in [0.25, 0.3) is 5.79 Å². The molecule has 0 unspecified atom stereocenters. The largest absolute Gasteiger partial charge is 0.462 e. The molecule has 0 aromatic carbocycles. The first kappa shape index (κ1) is 13.9. The third-order valence-corrected chi connectivity index (χ3v) is 2.56. The highest BCUT2D eigenvalue weighted by molar-refractivity contribution is 5.77. The van der Waals surface area contributed by atoms with E-state index in [1.54, 1.807) is 0 Å². The van der Waals surface area contributed by atoms with Crippen LogP contribution in [0.15, 0.2) is 0 Å². The van der Waals surface area contributed by atoms with E-state index in [1.165, 1.54) is 0 Å². The lowest BCUT2D eigenvalue weighted by Gasteiger charge is -2.19. The van der Waals surface area contributed by atoms with E-state index >= 15 is 0 Å². The van der Waals surface area contributed by atoms with Crippen LogP contribution in [0.3, 0.4) is 0 Å². The van der Waals surface area contributed by atoms with Crippen LogP contribution in [0.1, 0.15) is 38.5 Å². The van der Waals surface area contributed by atoms with Crippen molar-refractivity contribution in [3.8, 4) is 0 Å². The first-order valence-corrected chi connectivity index (χ1v) is 5.80. The van der Waals surface area contributed by atoms with Crippen LogP contribution >= 0.6 is 0 Å². The summed E-state index contributed by atoms with van der Waals surface area (Å²) in [6, 6.07) is 0. The van der Waals surface area contributed by atoms with Gasteiger partial charge in [-0.25, -0.2) is 4.79 Å². The number of carbonyl (C=O) groups is 2. The molecule has 0 radical (unpaired) electrons. The molecule has 6 heteroatoms. The first-order valence-electron chi connectivity index (χ1n) is 5.80. The maximum Gasteiger partial charge on any atom is 0.366 e. The first-order chi connectivity index (χ1) is 8.02. The highest BCUT2D eigenvalue weighted by Gasteiger charge is 2.34. The molecule has 0 atom stereocenters. The molecule has 17 heavy (non-hydrogen) atoms. The number of aliphatic hydroxyl groups is 2. The van der Waals surface area contributed by atoms with Gasteiger partial charge in [0.15, 0.2) is 0 Å². The summed E-state index contributed by atoms with van der Waals surface area (Å²) in [5.74, 6) is -3.84. The number of rotatable bonds is 0. The lowest BCUT2D eigenvalue weighted by Crippen LogP contribution is -2.40. The van der Waals surface area contributed by atoms with Crippen LogP contribution in [-0.4, -0.2) is 41.2 Å². The van der Waals surface area contributed by atoms with Gasteiger partial charge in [-0.2, -0.15) is 0 Å². The third-order valence-electron chi connectivity index (χ3n) is 2.56. The van der Waals surface area contributed by atoms with Gasteiger partial charge in [-0.15, -0.1) is 0 Å². The lowest BCUT2D eigenvalue weighted by molar-refractivity contribution is -0.212. The van der Waals surface area contributed by atoms with Crippen molar-refractivity contribution in [2.75, 3.05) is 13.2 Å². The Morgan fingerprint density at radius 2 is 1.59 bits per heavy atom. The highest BCUT2D eigenvalue weighted by Crippen LogP contribution is 2.15. The van der Waals surface area contributed by atoms with Crippen molar-refractivity contribution in [3.05, 3.63) is 0 Å². The fourth-order valence-electron chi connectivity index (χ4n) is 1.57. The van der Waals surface area contributed by atoms with Gasteiger partial charge in [0.2, 0.25) is 0 Å². The summed E-state index contributed by atoms with van der Waals surface area (Å²) >= 11 is 0. The highest BCUT2D eigenvalue weighted by atomic mass is 16.6. The molecule has 0 aromatic heterocycles. The van der Waals surface area contributed by atoms with E-state index in [9.17, 15) is 19.8 Å². The zero-order valence-corrected chi connectivity index (χ0v) is 9.68. The Hall–Kier alpha value is -1.14. The van der Waals surface area contributed by atoms with Gasteiger partial charge in [0.1, 0.15) is 13.2 Å². The van der Waals surface area contributed by atoms with Crippen LogP contribution in [0.2, 0.25) is 0 Å². The van der Waals surface area contributed by atoms with Crippen LogP contribution in [0.25, 0.3) is 0 Å². The molecule has 1 aliphatic heterocycles. The molecule has 0 amide bonds. The monoisotopic (exact) mass is 246 g/mol. The minimum atomic E-state index is -2.43. The maximum atomic E-state index is 11.3. The molecule has 1 rings (SSSR count). The molecule has 0 bridgehead atoms. The van der Waals surface area contributed by atoms with Crippen molar-refractivity contribution in [2.24, 2.45) is 0 Å². The molecular weight excluding hydrogens is 228 g/mol. The van der Waals surface area contributed by atoms with Crippen LogP contribution < -0.4 is 0 Å². The number of hydrogen-bond acceptors (Lipinski definition) is 6. The zero-order chi connectivity index (χ0) is 12.7. The zero-order valence-electron chi connectivity index (χ0n) is 9.68. The third kappa shape index (κ3) is 5.14. The second-order valence-electron chi connectivity index (χ2n) is 4.09. The number of carbonyl (C=O) groups excluding carboxylic acids is 2. The molecule has 98 valence electrons. The Morgan fingerprint density at radius 3 is 2.35 bits per heavy atom. The van der Waals surface area contributed by atoms with Crippen LogP contribution in [0, 0.1) is 0 Å². The summed E-state index contributed by atoms with van der Waals surface area (Å²) in [5.41, 5.74) is 0. The molecule has 0 aromatic rings. The van der Waals surface area contributed by atoms with Crippen LogP contribution in [0.5, 0.6) is 0 Å². The van der Waals surface area contributed by atoms with Crippen LogP contribution in [-0.2, 0) is 19.1 Å². The average Bonchev–Trinajstić information content (AvgIpc) is 2.28. The number of ether oxygens (including phenoxy) is 2. The Morgan fingerprint density at radius 1 is 0.941 bits per heavy atom. The SMILES string of the molecule is O=C1CCCCCCC(O)(O)C(=O)OCCO1. The fraction of sp³-hybridized carbons (Fsp3) is 0.818. The Kier molecular flexibility index (Phi) is 5.37. The standard InChI is InChI=1S/C11H18O6/c12-9-5-3-1-2-4-6-11(14,15)10(13)17-8-7-16-9/h14-15H,1-8H2. The molecule has 6 nitrogen and oxygen atoms in total. The summed E-state index contributed by atoms with van der Waals surface area (Å²) in [6.07, 6.45) is 3.01. The molecule has 1 fully saturated rings. The minimum Gasteiger partial charge on any atom is -0.462 e. The van der Waals surface area contributed by atoms with Gasteiger partial charge in [-0.1, -0.05) is 12.8 Å². The molecule has 2 N–H and O–H groups in total. The van der Waals surface area contributed by atoms with E-state index in [0.717, 1.165) is 12.8 Å². The number of esters is 2. The van der Waals surface area contributed by atoms with E-state index in [-0.39, 0.29) is 25.6 Å². The summed E-state index contributed by atoms with van der Waals surface area (Å²) in [7, 11) is 0. The van der Waals surface area contributed by atoms with Crippen molar-refractivity contribution < 1.29 is 29.3 Å². The molecule has 0 aliphatic carbocycles. The molecule has 1 heterocycles. The molecule has 1 saturated heterocycles. The predicted octanol–water partition coefficient (Wildman–Crippen LogP) is 0.108. The van der Waals surface area contributed by atoms with E-state index in [4.69, 9.17) is 4.74 Å². The minimum absolute atomic E-state index is 0.0549. The summed E-state index contributed by atoms with van der Waals surface area (Å²) in [4.78, 5) is 22.4. The van der Waals surface area contributed by atoms with Gasteiger partial charge < -0.3 is 19.7 Å². The molecular formula is C11H18O6.